The molecular weight excluding hydrogens is 360 g/mol. The van der Waals surface area contributed by atoms with Gasteiger partial charge in [-0.3, -0.25) is 9.48 Å². The summed E-state index contributed by atoms with van der Waals surface area (Å²) < 4.78 is 2.00. The Balaban J connectivity index is 1.52. The average Bonchev–Trinajstić information content (AvgIpc) is 2.92. The Bertz CT molecular complexity index is 834. The van der Waals surface area contributed by atoms with Crippen LogP contribution in [0.4, 0.5) is 0 Å². The summed E-state index contributed by atoms with van der Waals surface area (Å²) in [5.41, 5.74) is 4.34. The lowest BCUT2D eigenvalue weighted by atomic mass is 9.91. The molecule has 1 aliphatic carbocycles. The first-order chi connectivity index (χ1) is 14.3. The van der Waals surface area contributed by atoms with Gasteiger partial charge in [0, 0.05) is 36.9 Å². The van der Waals surface area contributed by atoms with Crippen LogP contribution in [0.2, 0.25) is 0 Å². The van der Waals surface area contributed by atoms with Crippen LogP contribution in [0.1, 0.15) is 59.4 Å². The van der Waals surface area contributed by atoms with E-state index in [1.165, 1.54) is 24.1 Å². The normalized spacial score (nSPS) is 19.4. The minimum absolute atomic E-state index is 0.120. The smallest absolute Gasteiger partial charge is 0.274 e. The Morgan fingerprint density at radius 2 is 1.93 bits per heavy atom. The van der Waals surface area contributed by atoms with Gasteiger partial charge in [-0.1, -0.05) is 49.2 Å². The van der Waals surface area contributed by atoms with Crippen molar-refractivity contribution in [3.8, 4) is 0 Å². The Kier molecular flexibility index (Phi) is 6.45. The fourth-order valence-corrected chi connectivity index (χ4v) is 4.59. The number of rotatable bonds is 6. The minimum atomic E-state index is 0.120. The summed E-state index contributed by atoms with van der Waals surface area (Å²) in [5.74, 6) is 0.120. The summed E-state index contributed by atoms with van der Waals surface area (Å²) in [6.45, 7) is 7.11. The van der Waals surface area contributed by atoms with Crippen LogP contribution >= 0.6 is 0 Å². The number of carbonyl (C=O) groups is 1. The molecule has 1 saturated heterocycles. The number of hydrogen-bond donors (Lipinski definition) is 1. The summed E-state index contributed by atoms with van der Waals surface area (Å²) >= 11 is 0. The maximum atomic E-state index is 13.3. The molecule has 154 valence electrons. The predicted octanol–water partition coefficient (Wildman–Crippen LogP) is 3.73. The zero-order chi connectivity index (χ0) is 20.1. The van der Waals surface area contributed by atoms with E-state index < -0.39 is 0 Å². The fraction of sp³-hybridized carbons (Fsp3) is 0.500. The quantitative estimate of drug-likeness (QED) is 0.762. The van der Waals surface area contributed by atoms with Crippen molar-refractivity contribution < 1.29 is 4.79 Å². The van der Waals surface area contributed by atoms with Crippen molar-refractivity contribution in [3.63, 3.8) is 0 Å². The van der Waals surface area contributed by atoms with Gasteiger partial charge in [0.25, 0.3) is 5.91 Å². The lowest BCUT2D eigenvalue weighted by Crippen LogP contribution is -2.36. The number of carbonyl (C=O) groups excluding carboxylic acids is 1. The highest BCUT2D eigenvalue weighted by Crippen LogP contribution is 2.27. The molecule has 1 N–H and O–H groups in total. The molecule has 4 rings (SSSR count). The molecule has 0 bridgehead atoms. The van der Waals surface area contributed by atoms with Crippen molar-refractivity contribution in [1.82, 2.24) is 20.0 Å². The van der Waals surface area contributed by atoms with Gasteiger partial charge in [0.1, 0.15) is 0 Å². The zero-order valence-electron chi connectivity index (χ0n) is 17.3. The number of allylic oxidation sites excluding steroid dienone is 1. The molecule has 1 aliphatic heterocycles. The van der Waals surface area contributed by atoms with Gasteiger partial charge < -0.3 is 10.2 Å². The van der Waals surface area contributed by atoms with Crippen LogP contribution in [0.5, 0.6) is 0 Å². The molecular formula is C24H32N4O. The third kappa shape index (κ3) is 4.61. The average molecular weight is 393 g/mol. The molecule has 1 atom stereocenters. The van der Waals surface area contributed by atoms with Crippen LogP contribution in [-0.2, 0) is 25.9 Å². The zero-order valence-corrected chi connectivity index (χ0v) is 17.3. The number of fused-ring (bicyclic) bond motifs is 1. The summed E-state index contributed by atoms with van der Waals surface area (Å²) in [5, 5.41) is 8.46. The van der Waals surface area contributed by atoms with Crippen molar-refractivity contribution in [2.24, 2.45) is 0 Å². The lowest BCUT2D eigenvalue weighted by Gasteiger charge is -2.25. The number of aromatic nitrogens is 2. The van der Waals surface area contributed by atoms with Gasteiger partial charge in [0.2, 0.25) is 0 Å². The van der Waals surface area contributed by atoms with Crippen molar-refractivity contribution in [3.05, 3.63) is 65.5 Å². The molecule has 2 aliphatic rings. The van der Waals surface area contributed by atoms with Gasteiger partial charge in [-0.2, -0.15) is 5.10 Å². The predicted molar refractivity (Wildman–Crippen MR) is 116 cm³/mol. The maximum absolute atomic E-state index is 13.3. The summed E-state index contributed by atoms with van der Waals surface area (Å²) in [4.78, 5) is 15.4. The molecule has 29 heavy (non-hydrogen) atoms. The van der Waals surface area contributed by atoms with Crippen LogP contribution in [0.25, 0.3) is 0 Å². The molecule has 2 aromatic rings. The van der Waals surface area contributed by atoms with E-state index in [9.17, 15) is 4.79 Å². The van der Waals surface area contributed by atoms with Gasteiger partial charge in [-0.15, -0.1) is 6.58 Å². The number of benzene rings is 1. The SMILES string of the molecule is C=CCn1nc(C(=O)N2CCCCCC2)c2c1CC[C@@H](NCc1ccccc1)C2. The Morgan fingerprint density at radius 1 is 1.17 bits per heavy atom. The van der Waals surface area contributed by atoms with Crippen LogP contribution in [0.15, 0.2) is 43.0 Å². The maximum Gasteiger partial charge on any atom is 0.274 e. The standard InChI is InChI=1S/C24H32N4O/c1-2-14-28-22-13-12-20(25-18-19-10-6-5-7-11-19)17-21(22)23(26-28)24(29)27-15-8-3-4-9-16-27/h2,5-7,10-11,20,25H,1,3-4,8-9,12-18H2/t20-/m1/s1. The van der Waals surface area contributed by atoms with Crippen molar-refractivity contribution in [1.29, 1.82) is 0 Å². The van der Waals surface area contributed by atoms with Gasteiger partial charge in [-0.05, 0) is 37.7 Å². The number of nitrogens with zero attached hydrogens (tertiary/aromatic N) is 3. The molecule has 5 heteroatoms. The van der Waals surface area contributed by atoms with Gasteiger partial charge >= 0.3 is 0 Å². The summed E-state index contributed by atoms with van der Waals surface area (Å²) in [6.07, 6.45) is 9.40. The Hall–Kier alpha value is -2.40. The van der Waals surface area contributed by atoms with E-state index in [0.717, 1.165) is 57.3 Å². The van der Waals surface area contributed by atoms with Crippen LogP contribution in [-0.4, -0.2) is 39.7 Å². The van der Waals surface area contributed by atoms with Gasteiger partial charge in [0.15, 0.2) is 5.69 Å². The Labute approximate surface area is 173 Å². The largest absolute Gasteiger partial charge is 0.337 e. The van der Waals surface area contributed by atoms with E-state index in [1.54, 1.807) is 0 Å². The Morgan fingerprint density at radius 3 is 2.66 bits per heavy atom. The van der Waals surface area contributed by atoms with E-state index in [-0.39, 0.29) is 5.91 Å². The first-order valence-corrected chi connectivity index (χ1v) is 11.0. The number of likely N-dealkylation sites (tertiary alicyclic amines) is 1. The third-order valence-corrected chi connectivity index (χ3v) is 6.18. The molecule has 0 unspecified atom stereocenters. The van der Waals surface area contributed by atoms with E-state index >= 15 is 0 Å². The van der Waals surface area contributed by atoms with Crippen molar-refractivity contribution in [2.45, 2.75) is 64.1 Å². The first-order valence-electron chi connectivity index (χ1n) is 11.0. The number of hydrogen-bond acceptors (Lipinski definition) is 3. The molecule has 1 fully saturated rings. The van der Waals surface area contributed by atoms with Crippen LogP contribution in [0, 0.1) is 0 Å². The second-order valence-corrected chi connectivity index (χ2v) is 8.26. The topological polar surface area (TPSA) is 50.2 Å². The lowest BCUT2D eigenvalue weighted by molar-refractivity contribution is 0.0753. The molecule has 1 amide bonds. The van der Waals surface area contributed by atoms with E-state index in [2.05, 4.69) is 36.2 Å². The van der Waals surface area contributed by atoms with Crippen LogP contribution in [0.3, 0.4) is 0 Å². The molecule has 1 aromatic carbocycles. The molecule has 1 aromatic heterocycles. The van der Waals surface area contributed by atoms with Crippen molar-refractivity contribution in [2.75, 3.05) is 13.1 Å². The highest BCUT2D eigenvalue weighted by Gasteiger charge is 2.31. The fourth-order valence-electron chi connectivity index (χ4n) is 4.59. The second-order valence-electron chi connectivity index (χ2n) is 8.26. The highest BCUT2D eigenvalue weighted by molar-refractivity contribution is 5.94. The van der Waals surface area contributed by atoms with E-state index in [1.807, 2.05) is 21.7 Å². The first kappa shape index (κ1) is 19.9. The summed E-state index contributed by atoms with van der Waals surface area (Å²) in [6, 6.07) is 10.9. The minimum Gasteiger partial charge on any atom is -0.337 e. The number of nitrogens with one attached hydrogen (secondary N) is 1. The van der Waals surface area contributed by atoms with E-state index in [0.29, 0.717) is 18.3 Å². The van der Waals surface area contributed by atoms with Crippen molar-refractivity contribution >= 4 is 5.91 Å². The molecule has 0 saturated carbocycles. The van der Waals surface area contributed by atoms with E-state index in [4.69, 9.17) is 5.10 Å². The summed E-state index contributed by atoms with van der Waals surface area (Å²) in [7, 11) is 0. The molecule has 5 nitrogen and oxygen atoms in total. The van der Waals surface area contributed by atoms with Crippen LogP contribution < -0.4 is 5.32 Å². The monoisotopic (exact) mass is 392 g/mol. The highest BCUT2D eigenvalue weighted by atomic mass is 16.2. The van der Waals surface area contributed by atoms with Gasteiger partial charge in [-0.25, -0.2) is 0 Å². The number of amides is 1. The van der Waals surface area contributed by atoms with Gasteiger partial charge in [0.05, 0.1) is 6.54 Å². The molecule has 0 spiro atoms. The second kappa shape index (κ2) is 9.40. The molecule has 2 heterocycles. The molecule has 0 radical (unpaired) electrons. The third-order valence-electron chi connectivity index (χ3n) is 6.18.